The Bertz CT molecular complexity index is 1370. The SMILES string of the molecule is COc1ccc2c(c1)CCc1cc(C(=O)N(C)Cc3nc4ccccc4c(=O)[nH]3)sc1-2. The van der Waals surface area contributed by atoms with Gasteiger partial charge in [0.1, 0.15) is 11.6 Å². The molecule has 0 saturated heterocycles. The van der Waals surface area contributed by atoms with Crippen molar-refractivity contribution in [2.24, 2.45) is 0 Å². The van der Waals surface area contributed by atoms with E-state index in [4.69, 9.17) is 4.74 Å². The number of thiophene rings is 1. The van der Waals surface area contributed by atoms with Crippen molar-refractivity contribution in [2.75, 3.05) is 14.2 Å². The second-order valence-corrected chi connectivity index (χ2v) is 8.73. The Kier molecular flexibility index (Phi) is 4.82. The lowest BCUT2D eigenvalue weighted by Gasteiger charge is -2.16. The summed E-state index contributed by atoms with van der Waals surface area (Å²) in [5.41, 5.74) is 4.06. The molecule has 0 saturated carbocycles. The number of carbonyl (C=O) groups excluding carboxylic acids is 1. The maximum Gasteiger partial charge on any atom is 0.264 e. The summed E-state index contributed by atoms with van der Waals surface area (Å²) < 4.78 is 5.35. The molecule has 0 bridgehead atoms. The van der Waals surface area contributed by atoms with Crippen LogP contribution in [0.25, 0.3) is 21.3 Å². The van der Waals surface area contributed by atoms with Crippen LogP contribution in [0.3, 0.4) is 0 Å². The maximum absolute atomic E-state index is 13.1. The van der Waals surface area contributed by atoms with Crippen LogP contribution in [0, 0.1) is 0 Å². The van der Waals surface area contributed by atoms with Gasteiger partial charge in [-0.3, -0.25) is 9.59 Å². The molecule has 0 aliphatic heterocycles. The number of ether oxygens (including phenoxy) is 1. The molecule has 1 aliphatic carbocycles. The van der Waals surface area contributed by atoms with Gasteiger partial charge >= 0.3 is 0 Å². The van der Waals surface area contributed by atoms with Crippen molar-refractivity contribution in [3.8, 4) is 16.2 Å². The van der Waals surface area contributed by atoms with Crippen LogP contribution >= 0.6 is 11.3 Å². The molecule has 0 atom stereocenters. The van der Waals surface area contributed by atoms with Crippen molar-refractivity contribution in [1.29, 1.82) is 0 Å². The van der Waals surface area contributed by atoms with E-state index in [1.54, 1.807) is 37.3 Å². The third-order valence-corrected chi connectivity index (χ3v) is 6.83. The van der Waals surface area contributed by atoms with Crippen LogP contribution in [0.5, 0.6) is 5.75 Å². The van der Waals surface area contributed by atoms with Gasteiger partial charge in [-0.25, -0.2) is 4.98 Å². The second-order valence-electron chi connectivity index (χ2n) is 7.68. The Morgan fingerprint density at radius 1 is 1.16 bits per heavy atom. The van der Waals surface area contributed by atoms with Crippen LogP contribution in [0.1, 0.15) is 26.6 Å². The first-order valence-corrected chi connectivity index (χ1v) is 10.9. The minimum Gasteiger partial charge on any atom is -0.497 e. The van der Waals surface area contributed by atoms with Gasteiger partial charge in [-0.1, -0.05) is 12.1 Å². The fourth-order valence-electron chi connectivity index (χ4n) is 4.04. The third kappa shape index (κ3) is 3.51. The van der Waals surface area contributed by atoms with E-state index in [9.17, 15) is 9.59 Å². The number of nitrogens with one attached hydrogen (secondary N) is 1. The highest BCUT2D eigenvalue weighted by atomic mass is 32.1. The van der Waals surface area contributed by atoms with E-state index >= 15 is 0 Å². The summed E-state index contributed by atoms with van der Waals surface area (Å²) in [6.45, 7) is 0.231. The minimum atomic E-state index is -0.194. The average Bonchev–Trinajstić information content (AvgIpc) is 3.23. The Hall–Kier alpha value is -3.45. The van der Waals surface area contributed by atoms with Gasteiger partial charge in [0.05, 0.1) is 29.4 Å². The molecule has 1 N–H and O–H groups in total. The summed E-state index contributed by atoms with van der Waals surface area (Å²) in [7, 11) is 3.40. The molecule has 4 aromatic rings. The fourth-order valence-corrected chi connectivity index (χ4v) is 5.30. The zero-order valence-electron chi connectivity index (χ0n) is 17.3. The van der Waals surface area contributed by atoms with Crippen LogP contribution in [-0.2, 0) is 19.4 Å². The zero-order valence-corrected chi connectivity index (χ0v) is 18.1. The van der Waals surface area contributed by atoms with Crippen molar-refractivity contribution < 1.29 is 9.53 Å². The Balaban J connectivity index is 1.41. The smallest absolute Gasteiger partial charge is 0.264 e. The number of aromatic amines is 1. The number of rotatable bonds is 4. The molecule has 2 aromatic carbocycles. The summed E-state index contributed by atoms with van der Waals surface area (Å²) >= 11 is 1.52. The molecule has 1 aliphatic rings. The molecule has 2 heterocycles. The summed E-state index contributed by atoms with van der Waals surface area (Å²) in [6, 6.07) is 15.3. The molecule has 31 heavy (non-hydrogen) atoms. The largest absolute Gasteiger partial charge is 0.497 e. The lowest BCUT2D eigenvalue weighted by Crippen LogP contribution is -2.27. The van der Waals surface area contributed by atoms with Crippen LogP contribution < -0.4 is 10.3 Å². The predicted molar refractivity (Wildman–Crippen MR) is 122 cm³/mol. The molecule has 156 valence electrons. The molecule has 0 spiro atoms. The number of aromatic nitrogens is 2. The van der Waals surface area contributed by atoms with E-state index in [2.05, 4.69) is 22.1 Å². The Morgan fingerprint density at radius 2 is 1.97 bits per heavy atom. The summed E-state index contributed by atoms with van der Waals surface area (Å²) in [6.07, 6.45) is 1.84. The molecule has 7 heteroatoms. The predicted octanol–water partition coefficient (Wildman–Crippen LogP) is 4.03. The molecule has 0 radical (unpaired) electrons. The lowest BCUT2D eigenvalue weighted by molar-refractivity contribution is 0.0786. The van der Waals surface area contributed by atoms with E-state index in [-0.39, 0.29) is 18.0 Å². The molecular weight excluding hydrogens is 410 g/mol. The van der Waals surface area contributed by atoms with E-state index in [0.717, 1.165) is 23.5 Å². The van der Waals surface area contributed by atoms with Crippen LogP contribution in [0.2, 0.25) is 0 Å². The van der Waals surface area contributed by atoms with Gasteiger partial charge in [-0.05, 0) is 65.9 Å². The zero-order chi connectivity index (χ0) is 21.5. The van der Waals surface area contributed by atoms with Crippen molar-refractivity contribution in [3.05, 3.63) is 80.7 Å². The number of carbonyl (C=O) groups is 1. The number of amides is 1. The molecule has 1 amide bonds. The number of fused-ring (bicyclic) bond motifs is 4. The van der Waals surface area contributed by atoms with E-state index in [1.807, 2.05) is 18.2 Å². The van der Waals surface area contributed by atoms with Crippen molar-refractivity contribution in [2.45, 2.75) is 19.4 Å². The van der Waals surface area contributed by atoms with E-state index < -0.39 is 0 Å². The molecule has 2 aromatic heterocycles. The van der Waals surface area contributed by atoms with Gasteiger partial charge in [-0.2, -0.15) is 0 Å². The summed E-state index contributed by atoms with van der Waals surface area (Å²) in [5.74, 6) is 1.25. The fraction of sp³-hybridized carbons (Fsp3) is 0.208. The molecule has 6 nitrogen and oxygen atoms in total. The molecular formula is C24H21N3O3S. The number of aryl methyl sites for hydroxylation is 2. The maximum atomic E-state index is 13.1. The van der Waals surface area contributed by atoms with Gasteiger partial charge in [0.2, 0.25) is 0 Å². The molecule has 0 fully saturated rings. The minimum absolute atomic E-state index is 0.0785. The average molecular weight is 432 g/mol. The number of benzene rings is 2. The lowest BCUT2D eigenvalue weighted by atomic mass is 9.91. The molecule has 0 unspecified atom stereocenters. The first-order chi connectivity index (χ1) is 15.0. The number of hydrogen-bond donors (Lipinski definition) is 1. The van der Waals surface area contributed by atoms with E-state index in [1.165, 1.54) is 28.0 Å². The number of methoxy groups -OCH3 is 1. The van der Waals surface area contributed by atoms with Crippen molar-refractivity contribution in [1.82, 2.24) is 14.9 Å². The number of hydrogen-bond acceptors (Lipinski definition) is 5. The van der Waals surface area contributed by atoms with Gasteiger partial charge in [0.25, 0.3) is 11.5 Å². The normalized spacial score (nSPS) is 12.3. The second kappa shape index (κ2) is 7.67. The summed E-state index contributed by atoms with van der Waals surface area (Å²) in [5, 5.41) is 0.543. The quantitative estimate of drug-likeness (QED) is 0.529. The number of nitrogens with zero attached hydrogens (tertiary/aromatic N) is 2. The highest BCUT2D eigenvalue weighted by Crippen LogP contribution is 2.41. The topological polar surface area (TPSA) is 75.3 Å². The van der Waals surface area contributed by atoms with Crippen LogP contribution in [-0.4, -0.2) is 34.9 Å². The summed E-state index contributed by atoms with van der Waals surface area (Å²) in [4.78, 5) is 36.2. The number of para-hydroxylation sites is 1. The van der Waals surface area contributed by atoms with Crippen molar-refractivity contribution >= 4 is 28.1 Å². The number of H-pyrrole nitrogens is 1. The first-order valence-electron chi connectivity index (χ1n) is 10.1. The monoisotopic (exact) mass is 431 g/mol. The van der Waals surface area contributed by atoms with E-state index in [0.29, 0.717) is 21.6 Å². The highest BCUT2D eigenvalue weighted by Gasteiger charge is 2.24. The first kappa shape index (κ1) is 19.5. The van der Waals surface area contributed by atoms with Gasteiger partial charge in [-0.15, -0.1) is 11.3 Å². The Labute approximate surface area is 183 Å². The van der Waals surface area contributed by atoms with Crippen molar-refractivity contribution in [3.63, 3.8) is 0 Å². The van der Waals surface area contributed by atoms with Crippen LogP contribution in [0.4, 0.5) is 0 Å². The standard InChI is InChI=1S/C24H21N3O3S/c1-27(13-21-25-19-6-4-3-5-18(19)23(28)26-21)24(29)20-12-15-8-7-14-11-16(30-2)9-10-17(14)22(15)31-20/h3-6,9-12H,7-8,13H2,1-2H3,(H,25,26,28). The highest BCUT2D eigenvalue weighted by molar-refractivity contribution is 7.17. The molecule has 5 rings (SSSR count). The van der Waals surface area contributed by atoms with Gasteiger partial charge in [0, 0.05) is 11.9 Å². The third-order valence-electron chi connectivity index (χ3n) is 5.64. The van der Waals surface area contributed by atoms with Gasteiger partial charge < -0.3 is 14.6 Å². The van der Waals surface area contributed by atoms with Crippen LogP contribution in [0.15, 0.2) is 53.3 Å². The van der Waals surface area contributed by atoms with Gasteiger partial charge in [0.15, 0.2) is 0 Å². The Morgan fingerprint density at radius 3 is 2.81 bits per heavy atom.